The highest BCUT2D eigenvalue weighted by Gasteiger charge is 2.51. The molecule has 23 heavy (non-hydrogen) atoms. The van der Waals surface area contributed by atoms with Gasteiger partial charge in [0, 0.05) is 4.92 Å². The van der Waals surface area contributed by atoms with Crippen LogP contribution in [-0.2, 0) is 19.0 Å². The normalized spacial score (nSPS) is 19.0. The minimum atomic E-state index is -1.23. The smallest absolute Gasteiger partial charge is 0.315 e. The van der Waals surface area contributed by atoms with Crippen molar-refractivity contribution in [3.63, 3.8) is 0 Å². The van der Waals surface area contributed by atoms with E-state index in [1.165, 1.54) is 0 Å². The van der Waals surface area contributed by atoms with Gasteiger partial charge < -0.3 is 14.2 Å². The summed E-state index contributed by atoms with van der Waals surface area (Å²) in [5.74, 6) is -3.40. The van der Waals surface area contributed by atoms with Gasteiger partial charge in [0.15, 0.2) is 5.79 Å². The van der Waals surface area contributed by atoms with Crippen LogP contribution in [0.5, 0.6) is 0 Å². The van der Waals surface area contributed by atoms with E-state index in [0.717, 1.165) is 0 Å². The molecule has 1 aliphatic rings. The maximum absolute atomic E-state index is 12.5. The van der Waals surface area contributed by atoms with Crippen LogP contribution in [0, 0.1) is 16.0 Å². The Bertz CT molecular complexity index is 541. The predicted molar refractivity (Wildman–Crippen MR) is 81.5 cm³/mol. The Kier molecular flexibility index (Phi) is 5.68. The van der Waals surface area contributed by atoms with E-state index in [4.69, 9.17) is 14.2 Å². The first-order valence-corrected chi connectivity index (χ1v) is 7.59. The molecule has 0 amide bonds. The first kappa shape index (κ1) is 17.4. The third-order valence-electron chi connectivity index (χ3n) is 3.94. The number of carbonyl (C=O) groups excluding carboxylic acids is 1. The number of rotatable bonds is 7. The Balaban J connectivity index is 2.42. The molecule has 0 spiro atoms. The van der Waals surface area contributed by atoms with Crippen LogP contribution in [0.1, 0.15) is 25.3 Å². The number of ether oxygens (including phenoxy) is 3. The Morgan fingerprint density at radius 2 is 1.96 bits per heavy atom. The molecule has 1 saturated heterocycles. The van der Waals surface area contributed by atoms with E-state index in [0.29, 0.717) is 18.8 Å². The zero-order valence-corrected chi connectivity index (χ0v) is 13.3. The topological polar surface area (TPSA) is 87.9 Å². The molecule has 0 saturated carbocycles. The van der Waals surface area contributed by atoms with E-state index in [1.54, 1.807) is 38.1 Å². The van der Waals surface area contributed by atoms with Gasteiger partial charge in [-0.1, -0.05) is 30.3 Å². The van der Waals surface area contributed by atoms with Crippen molar-refractivity contribution in [2.45, 2.75) is 25.6 Å². The van der Waals surface area contributed by atoms with Crippen molar-refractivity contribution in [2.24, 2.45) is 5.92 Å². The van der Waals surface area contributed by atoms with Gasteiger partial charge in [0.2, 0.25) is 6.54 Å². The van der Waals surface area contributed by atoms with Gasteiger partial charge in [0.25, 0.3) is 0 Å². The molecule has 1 fully saturated rings. The fraction of sp³-hybridized carbons (Fsp3) is 0.562. The molecule has 2 atom stereocenters. The number of nitrogens with zero attached hydrogens (tertiary/aromatic N) is 1. The van der Waals surface area contributed by atoms with E-state index in [2.05, 4.69) is 0 Å². The molecule has 0 N–H and O–H groups in total. The van der Waals surface area contributed by atoms with Crippen LogP contribution in [0.3, 0.4) is 0 Å². The van der Waals surface area contributed by atoms with Gasteiger partial charge in [-0.2, -0.15) is 0 Å². The van der Waals surface area contributed by atoms with Crippen LogP contribution in [0.15, 0.2) is 30.3 Å². The Morgan fingerprint density at radius 3 is 2.48 bits per heavy atom. The average Bonchev–Trinajstić information content (AvgIpc) is 2.94. The lowest BCUT2D eigenvalue weighted by Gasteiger charge is -2.34. The lowest BCUT2D eigenvalue weighted by atomic mass is 9.80. The standard InChI is InChI=1S/C16H21NO6/c1-3-21-15(18)14(16(2)22-9-10-23-16)13(11-17(19)20)12-7-5-4-6-8-12/h4-8,13-14H,3,9-11H2,1-2H3/t13-,14+/m1/s1. The third-order valence-corrected chi connectivity index (χ3v) is 3.94. The monoisotopic (exact) mass is 323 g/mol. The van der Waals surface area contributed by atoms with Crippen molar-refractivity contribution < 1.29 is 23.9 Å². The maximum Gasteiger partial charge on any atom is 0.315 e. The van der Waals surface area contributed by atoms with Crippen molar-refractivity contribution in [2.75, 3.05) is 26.4 Å². The molecule has 7 nitrogen and oxygen atoms in total. The lowest BCUT2D eigenvalue weighted by molar-refractivity contribution is -0.486. The number of nitro groups is 1. The summed E-state index contributed by atoms with van der Waals surface area (Å²) in [4.78, 5) is 23.3. The summed E-state index contributed by atoms with van der Waals surface area (Å²) in [5, 5.41) is 11.2. The van der Waals surface area contributed by atoms with Crippen molar-refractivity contribution in [1.82, 2.24) is 0 Å². The van der Waals surface area contributed by atoms with Gasteiger partial charge in [0.1, 0.15) is 5.92 Å². The summed E-state index contributed by atoms with van der Waals surface area (Å²) in [6.45, 7) is 3.79. The van der Waals surface area contributed by atoms with Crippen molar-refractivity contribution >= 4 is 5.97 Å². The lowest BCUT2D eigenvalue weighted by Crippen LogP contribution is -2.46. The zero-order valence-electron chi connectivity index (χ0n) is 13.3. The van der Waals surface area contributed by atoms with Gasteiger partial charge in [-0.05, 0) is 19.4 Å². The van der Waals surface area contributed by atoms with Gasteiger partial charge in [-0.3, -0.25) is 14.9 Å². The van der Waals surface area contributed by atoms with Crippen LogP contribution in [0.4, 0.5) is 0 Å². The van der Waals surface area contributed by atoms with Crippen molar-refractivity contribution in [3.8, 4) is 0 Å². The first-order valence-electron chi connectivity index (χ1n) is 7.59. The predicted octanol–water partition coefficient (Wildman–Crippen LogP) is 1.99. The number of carbonyl (C=O) groups is 1. The molecule has 0 aliphatic carbocycles. The highest BCUT2D eigenvalue weighted by Crippen LogP contribution is 2.39. The maximum atomic E-state index is 12.5. The van der Waals surface area contributed by atoms with Crippen LogP contribution in [0.2, 0.25) is 0 Å². The number of esters is 1. The molecule has 1 aromatic carbocycles. The molecule has 0 bridgehead atoms. The van der Waals surface area contributed by atoms with Gasteiger partial charge >= 0.3 is 5.97 Å². The molecule has 7 heteroatoms. The quantitative estimate of drug-likeness (QED) is 0.433. The average molecular weight is 323 g/mol. The van der Waals surface area contributed by atoms with Crippen LogP contribution >= 0.6 is 0 Å². The third kappa shape index (κ3) is 4.05. The molecule has 0 unspecified atom stereocenters. The molecule has 126 valence electrons. The van der Waals surface area contributed by atoms with E-state index in [9.17, 15) is 14.9 Å². The largest absolute Gasteiger partial charge is 0.466 e. The van der Waals surface area contributed by atoms with Crippen molar-refractivity contribution in [3.05, 3.63) is 46.0 Å². The minimum Gasteiger partial charge on any atom is -0.466 e. The minimum absolute atomic E-state index is 0.186. The number of hydrogen-bond acceptors (Lipinski definition) is 6. The van der Waals surface area contributed by atoms with E-state index >= 15 is 0 Å². The van der Waals surface area contributed by atoms with E-state index in [-0.39, 0.29) is 6.61 Å². The molecular weight excluding hydrogens is 302 g/mol. The van der Waals surface area contributed by atoms with Crippen LogP contribution < -0.4 is 0 Å². The second-order valence-corrected chi connectivity index (χ2v) is 5.48. The molecule has 0 radical (unpaired) electrons. The fourth-order valence-corrected chi connectivity index (χ4v) is 2.95. The van der Waals surface area contributed by atoms with Crippen LogP contribution in [-0.4, -0.2) is 43.0 Å². The number of hydrogen-bond donors (Lipinski definition) is 0. The highest BCUT2D eigenvalue weighted by molar-refractivity contribution is 5.75. The Hall–Kier alpha value is -1.99. The molecule has 1 aromatic rings. The summed E-state index contributed by atoms with van der Waals surface area (Å²) >= 11 is 0. The van der Waals surface area contributed by atoms with Crippen molar-refractivity contribution in [1.29, 1.82) is 0 Å². The summed E-state index contributed by atoms with van der Waals surface area (Å²) in [6, 6.07) is 8.90. The molecule has 0 aromatic heterocycles. The van der Waals surface area contributed by atoms with Gasteiger partial charge in [0.05, 0.1) is 25.7 Å². The first-order chi connectivity index (χ1) is 11.0. The van der Waals surface area contributed by atoms with Gasteiger partial charge in [-0.25, -0.2) is 0 Å². The molecule has 1 heterocycles. The Morgan fingerprint density at radius 1 is 1.35 bits per heavy atom. The summed E-state index contributed by atoms with van der Waals surface area (Å²) in [6.07, 6.45) is 0. The molecule has 1 aliphatic heterocycles. The second kappa shape index (κ2) is 7.52. The summed E-state index contributed by atoms with van der Waals surface area (Å²) in [7, 11) is 0. The van der Waals surface area contributed by atoms with E-state index in [1.807, 2.05) is 6.07 Å². The fourth-order valence-electron chi connectivity index (χ4n) is 2.95. The molecular formula is C16H21NO6. The summed E-state index contributed by atoms with van der Waals surface area (Å²) in [5.41, 5.74) is 0.683. The second-order valence-electron chi connectivity index (χ2n) is 5.48. The highest BCUT2D eigenvalue weighted by atomic mass is 16.7. The Labute approximate surface area is 134 Å². The summed E-state index contributed by atoms with van der Waals surface area (Å²) < 4.78 is 16.4. The van der Waals surface area contributed by atoms with Gasteiger partial charge in [-0.15, -0.1) is 0 Å². The number of benzene rings is 1. The SMILES string of the molecule is CCOC(=O)[C@H]([C@H](C[N+](=O)[O-])c1ccccc1)C1(C)OCCO1. The van der Waals surface area contributed by atoms with E-state index < -0.39 is 35.1 Å². The van der Waals surface area contributed by atoms with Crippen LogP contribution in [0.25, 0.3) is 0 Å². The zero-order chi connectivity index (χ0) is 16.9. The molecule has 2 rings (SSSR count).